The molecule has 0 aliphatic carbocycles. The van der Waals surface area contributed by atoms with E-state index in [0.29, 0.717) is 21.9 Å². The van der Waals surface area contributed by atoms with Gasteiger partial charge in [0, 0.05) is 18.2 Å². The van der Waals surface area contributed by atoms with E-state index in [-0.39, 0.29) is 17.7 Å². The second kappa shape index (κ2) is 7.06. The Labute approximate surface area is 139 Å². The molecule has 0 spiro atoms. The number of hydrogen-bond acceptors (Lipinski definition) is 4. The van der Waals surface area contributed by atoms with Crippen LogP contribution in [0.1, 0.15) is 38.9 Å². The summed E-state index contributed by atoms with van der Waals surface area (Å²) >= 11 is 1.39. The molecule has 1 aromatic carbocycles. The quantitative estimate of drug-likeness (QED) is 0.849. The first-order chi connectivity index (χ1) is 11.2. The summed E-state index contributed by atoms with van der Waals surface area (Å²) in [5.74, 6) is 0.159. The van der Waals surface area contributed by atoms with Gasteiger partial charge in [0.15, 0.2) is 0 Å². The molecule has 1 fully saturated rings. The van der Waals surface area contributed by atoms with E-state index < -0.39 is 0 Å². The first-order valence-corrected chi connectivity index (χ1v) is 8.73. The number of rotatable bonds is 4. The summed E-state index contributed by atoms with van der Waals surface area (Å²) in [6, 6.07) is 10.8. The summed E-state index contributed by atoms with van der Waals surface area (Å²) in [6.07, 6.45) is 1.04. The first-order valence-electron chi connectivity index (χ1n) is 7.85. The molecule has 2 aromatic rings. The standard InChI is InChI=1S/C18H20N2O2S/c1-12-8-9-19-11-15(12)20-18(22)14-6-3-2-5-13(14)17(21)16-7-4-10-23-16/h2-7,10,12,15,19H,8-9,11H2,1H3,(H,20,22). The van der Waals surface area contributed by atoms with Gasteiger partial charge in [-0.05, 0) is 36.4 Å². The predicted molar refractivity (Wildman–Crippen MR) is 92.1 cm³/mol. The minimum atomic E-state index is -0.175. The van der Waals surface area contributed by atoms with Crippen molar-refractivity contribution in [3.05, 3.63) is 57.8 Å². The topological polar surface area (TPSA) is 58.2 Å². The summed E-state index contributed by atoms with van der Waals surface area (Å²) in [4.78, 5) is 25.9. The Kier molecular flexibility index (Phi) is 4.88. The van der Waals surface area contributed by atoms with Crippen LogP contribution in [0.5, 0.6) is 0 Å². The van der Waals surface area contributed by atoms with Crippen molar-refractivity contribution in [2.24, 2.45) is 5.92 Å². The molecule has 0 radical (unpaired) electrons. The molecule has 1 aliphatic rings. The summed E-state index contributed by atoms with van der Waals surface area (Å²) in [5.41, 5.74) is 0.910. The zero-order valence-corrected chi connectivity index (χ0v) is 13.9. The van der Waals surface area contributed by atoms with Crippen molar-refractivity contribution < 1.29 is 9.59 Å². The lowest BCUT2D eigenvalue weighted by molar-refractivity contribution is 0.0907. The van der Waals surface area contributed by atoms with Crippen LogP contribution >= 0.6 is 11.3 Å². The Hall–Kier alpha value is -1.98. The second-order valence-corrected chi connectivity index (χ2v) is 6.85. The lowest BCUT2D eigenvalue weighted by atomic mass is 9.94. The highest BCUT2D eigenvalue weighted by molar-refractivity contribution is 7.12. The lowest BCUT2D eigenvalue weighted by Crippen LogP contribution is -2.50. The average Bonchev–Trinajstić information content (AvgIpc) is 3.11. The molecule has 0 saturated carbocycles. The van der Waals surface area contributed by atoms with Gasteiger partial charge in [0.1, 0.15) is 0 Å². The van der Waals surface area contributed by atoms with E-state index in [2.05, 4.69) is 17.6 Å². The van der Waals surface area contributed by atoms with Gasteiger partial charge in [-0.3, -0.25) is 9.59 Å². The van der Waals surface area contributed by atoms with Crippen LogP contribution in [-0.4, -0.2) is 30.8 Å². The minimum absolute atomic E-state index is 0.0967. The monoisotopic (exact) mass is 328 g/mol. The Bertz CT molecular complexity index is 697. The van der Waals surface area contributed by atoms with Crippen molar-refractivity contribution in [1.82, 2.24) is 10.6 Å². The SMILES string of the molecule is CC1CCNCC1NC(=O)c1ccccc1C(=O)c1cccs1. The molecule has 5 heteroatoms. The second-order valence-electron chi connectivity index (χ2n) is 5.90. The first kappa shape index (κ1) is 15.9. The molecule has 4 nitrogen and oxygen atoms in total. The predicted octanol–water partition coefficient (Wildman–Crippen LogP) is 2.71. The number of amides is 1. The van der Waals surface area contributed by atoms with Crippen molar-refractivity contribution in [3.63, 3.8) is 0 Å². The largest absolute Gasteiger partial charge is 0.348 e. The molecule has 1 amide bonds. The van der Waals surface area contributed by atoms with E-state index in [9.17, 15) is 9.59 Å². The Morgan fingerprint density at radius 2 is 1.96 bits per heavy atom. The molecule has 0 bridgehead atoms. The van der Waals surface area contributed by atoms with E-state index >= 15 is 0 Å². The summed E-state index contributed by atoms with van der Waals surface area (Å²) in [7, 11) is 0. The number of carbonyl (C=O) groups is 2. The third kappa shape index (κ3) is 3.51. The number of benzene rings is 1. The fraction of sp³-hybridized carbons (Fsp3) is 0.333. The maximum Gasteiger partial charge on any atom is 0.252 e. The van der Waals surface area contributed by atoms with Crippen LogP contribution in [0.15, 0.2) is 41.8 Å². The van der Waals surface area contributed by atoms with Gasteiger partial charge in [-0.2, -0.15) is 0 Å². The lowest BCUT2D eigenvalue weighted by Gasteiger charge is -2.30. The van der Waals surface area contributed by atoms with Crippen LogP contribution < -0.4 is 10.6 Å². The van der Waals surface area contributed by atoms with E-state index in [1.54, 1.807) is 30.3 Å². The smallest absolute Gasteiger partial charge is 0.252 e. The van der Waals surface area contributed by atoms with Gasteiger partial charge in [0.05, 0.1) is 10.4 Å². The van der Waals surface area contributed by atoms with E-state index in [1.165, 1.54) is 11.3 Å². The van der Waals surface area contributed by atoms with Crippen molar-refractivity contribution in [3.8, 4) is 0 Å². The molecule has 2 N–H and O–H groups in total. The highest BCUT2D eigenvalue weighted by Gasteiger charge is 2.25. The van der Waals surface area contributed by atoms with Crippen LogP contribution in [0.4, 0.5) is 0 Å². The van der Waals surface area contributed by atoms with Crippen LogP contribution in [-0.2, 0) is 0 Å². The fourth-order valence-corrected chi connectivity index (χ4v) is 3.53. The van der Waals surface area contributed by atoms with Crippen LogP contribution in [0.2, 0.25) is 0 Å². The van der Waals surface area contributed by atoms with E-state index in [4.69, 9.17) is 0 Å². The maximum absolute atomic E-state index is 12.7. The fourth-order valence-electron chi connectivity index (χ4n) is 2.85. The third-order valence-corrected chi connectivity index (χ3v) is 5.17. The van der Waals surface area contributed by atoms with Crippen molar-refractivity contribution in [2.45, 2.75) is 19.4 Å². The number of nitrogens with one attached hydrogen (secondary N) is 2. The highest BCUT2D eigenvalue weighted by Crippen LogP contribution is 2.19. The molecule has 2 heterocycles. The number of hydrogen-bond donors (Lipinski definition) is 2. The van der Waals surface area contributed by atoms with Gasteiger partial charge >= 0.3 is 0 Å². The normalized spacial score (nSPS) is 20.9. The molecule has 2 atom stereocenters. The summed E-state index contributed by atoms with van der Waals surface area (Å²) < 4.78 is 0. The third-order valence-electron chi connectivity index (χ3n) is 4.31. The molecule has 23 heavy (non-hydrogen) atoms. The average molecular weight is 328 g/mol. The minimum Gasteiger partial charge on any atom is -0.348 e. The van der Waals surface area contributed by atoms with Gasteiger partial charge in [-0.25, -0.2) is 0 Å². The van der Waals surface area contributed by atoms with Crippen molar-refractivity contribution in [2.75, 3.05) is 13.1 Å². The van der Waals surface area contributed by atoms with Gasteiger partial charge in [0.25, 0.3) is 5.91 Å². The van der Waals surface area contributed by atoms with Crippen LogP contribution in [0.3, 0.4) is 0 Å². The molecule has 2 unspecified atom stereocenters. The van der Waals surface area contributed by atoms with Gasteiger partial charge in [-0.15, -0.1) is 11.3 Å². The van der Waals surface area contributed by atoms with Crippen LogP contribution in [0.25, 0.3) is 0 Å². The molecule has 3 rings (SSSR count). The zero-order chi connectivity index (χ0) is 16.2. The van der Waals surface area contributed by atoms with Gasteiger partial charge in [0.2, 0.25) is 5.78 Å². The number of carbonyl (C=O) groups excluding carboxylic acids is 2. The molecular formula is C18H20N2O2S. The summed E-state index contributed by atoms with van der Waals surface area (Å²) in [5, 5.41) is 8.24. The Balaban J connectivity index is 1.82. The summed E-state index contributed by atoms with van der Waals surface area (Å²) in [6.45, 7) is 3.91. The van der Waals surface area contributed by atoms with Crippen LogP contribution in [0, 0.1) is 5.92 Å². The highest BCUT2D eigenvalue weighted by atomic mass is 32.1. The van der Waals surface area contributed by atoms with Gasteiger partial charge in [-0.1, -0.05) is 31.2 Å². The zero-order valence-electron chi connectivity index (χ0n) is 13.0. The molecular weight excluding hydrogens is 308 g/mol. The molecule has 1 aliphatic heterocycles. The Morgan fingerprint density at radius 1 is 1.17 bits per heavy atom. The number of thiophene rings is 1. The molecule has 1 aromatic heterocycles. The molecule has 120 valence electrons. The van der Waals surface area contributed by atoms with Gasteiger partial charge < -0.3 is 10.6 Å². The number of piperidine rings is 1. The van der Waals surface area contributed by atoms with Crippen molar-refractivity contribution >= 4 is 23.0 Å². The Morgan fingerprint density at radius 3 is 2.65 bits per heavy atom. The number of ketones is 1. The molecule has 1 saturated heterocycles. The van der Waals surface area contributed by atoms with E-state index in [1.807, 2.05) is 11.4 Å². The van der Waals surface area contributed by atoms with Crippen molar-refractivity contribution in [1.29, 1.82) is 0 Å². The maximum atomic E-state index is 12.7. The van der Waals surface area contributed by atoms with E-state index in [0.717, 1.165) is 19.5 Å².